The largest absolute Gasteiger partial charge is 0.426 e. The van der Waals surface area contributed by atoms with Crippen LogP contribution in [0.4, 0.5) is 0 Å². The molecule has 5 aliphatic rings. The van der Waals surface area contributed by atoms with Gasteiger partial charge in [-0.1, -0.05) is 72.2 Å². The fourth-order valence-electron chi connectivity index (χ4n) is 12.7. The average Bonchev–Trinajstić information content (AvgIpc) is 3.50. The maximum Gasteiger partial charge on any atom is 0.318 e. The van der Waals surface area contributed by atoms with Crippen molar-refractivity contribution in [1.29, 1.82) is 0 Å². The molecule has 0 saturated heterocycles. The predicted molar refractivity (Wildman–Crippen MR) is 196 cm³/mol. The zero-order valence-electron chi connectivity index (χ0n) is 30.1. The number of fused-ring (bicyclic) bond motifs is 8. The number of aliphatic hydroxyl groups is 1. The van der Waals surface area contributed by atoms with Gasteiger partial charge in [-0.2, -0.15) is 0 Å². The maximum absolute atomic E-state index is 14.6. The molecule has 4 nitrogen and oxygen atoms in total. The number of allylic oxidation sites excluding steroid dienone is 2. The molecule has 48 heavy (non-hydrogen) atoms. The zero-order chi connectivity index (χ0) is 33.9. The van der Waals surface area contributed by atoms with Crippen LogP contribution in [-0.2, 0) is 4.79 Å². The van der Waals surface area contributed by atoms with Crippen molar-refractivity contribution in [2.75, 3.05) is 0 Å². The number of ether oxygens (including phenoxy) is 1. The lowest BCUT2D eigenvalue weighted by Crippen LogP contribution is -2.65. The lowest BCUT2D eigenvalue weighted by molar-refractivity contribution is -0.206. The Morgan fingerprint density at radius 1 is 0.875 bits per heavy atom. The summed E-state index contributed by atoms with van der Waals surface area (Å²) in [7, 11) is 0. The number of hydrogen-bond acceptors (Lipinski definition) is 5. The van der Waals surface area contributed by atoms with Crippen LogP contribution in [0.2, 0.25) is 0 Å². The SMILES string of the molecule is C[C@H]1[C@H](C)CC[C@]2(C(=O)Oc3ccc(-c4nc5ccccc5s4)cc3)CC[C@]3(C)C(=CC[C@@H]4[C@@]5(C)CC[C@H](O)C(C)(C)[C@@H]5CC[C@]43C)[C@H]12. The van der Waals surface area contributed by atoms with E-state index in [-0.39, 0.29) is 39.7 Å². The average molecular weight is 666 g/mol. The molecule has 8 rings (SSSR count). The molecule has 4 saturated carbocycles. The second-order valence-electron chi connectivity index (χ2n) is 18.1. The summed E-state index contributed by atoms with van der Waals surface area (Å²) in [6.45, 7) is 17.3. The van der Waals surface area contributed by atoms with Crippen molar-refractivity contribution >= 4 is 27.5 Å². The number of hydrogen-bond donors (Lipinski definition) is 1. The number of benzene rings is 2. The first kappa shape index (κ1) is 32.7. The second-order valence-corrected chi connectivity index (χ2v) is 19.1. The molecule has 5 heteroatoms. The van der Waals surface area contributed by atoms with Gasteiger partial charge in [0.05, 0.1) is 21.7 Å². The summed E-state index contributed by atoms with van der Waals surface area (Å²) in [4.78, 5) is 19.5. The Bertz CT molecular complexity index is 1740. The van der Waals surface area contributed by atoms with E-state index >= 15 is 0 Å². The number of thiazole rings is 1. The third kappa shape index (κ3) is 4.41. The van der Waals surface area contributed by atoms with Crippen LogP contribution < -0.4 is 4.74 Å². The number of para-hydroxylation sites is 1. The molecule has 1 heterocycles. The minimum atomic E-state index is -0.482. The summed E-state index contributed by atoms with van der Waals surface area (Å²) in [5, 5.41) is 12.1. The van der Waals surface area contributed by atoms with Gasteiger partial charge in [0.1, 0.15) is 10.8 Å². The number of aliphatic hydroxyl groups excluding tert-OH is 1. The minimum Gasteiger partial charge on any atom is -0.426 e. The Morgan fingerprint density at radius 2 is 1.62 bits per heavy atom. The molecule has 0 bridgehead atoms. The van der Waals surface area contributed by atoms with Gasteiger partial charge in [-0.15, -0.1) is 11.3 Å². The van der Waals surface area contributed by atoms with Gasteiger partial charge in [-0.3, -0.25) is 4.79 Å². The third-order valence-corrected chi connectivity index (χ3v) is 17.1. The van der Waals surface area contributed by atoms with E-state index in [2.05, 4.69) is 72.7 Å². The number of rotatable bonds is 3. The van der Waals surface area contributed by atoms with E-state index in [9.17, 15) is 9.90 Å². The van der Waals surface area contributed by atoms with E-state index in [0.717, 1.165) is 61.0 Å². The summed E-state index contributed by atoms with van der Waals surface area (Å²) in [5.74, 6) is 2.96. The monoisotopic (exact) mass is 665 g/mol. The van der Waals surface area contributed by atoms with E-state index in [4.69, 9.17) is 9.72 Å². The van der Waals surface area contributed by atoms with E-state index in [1.807, 2.05) is 30.3 Å². The summed E-state index contributed by atoms with van der Waals surface area (Å²) in [5.41, 5.74) is 3.56. The molecule has 0 amide bonds. The summed E-state index contributed by atoms with van der Waals surface area (Å²) in [6, 6.07) is 16.3. The van der Waals surface area contributed by atoms with E-state index < -0.39 is 5.41 Å². The third-order valence-electron chi connectivity index (χ3n) is 16.0. The van der Waals surface area contributed by atoms with Crippen LogP contribution in [0, 0.1) is 56.7 Å². The van der Waals surface area contributed by atoms with Crippen molar-refractivity contribution in [1.82, 2.24) is 4.98 Å². The molecular weight excluding hydrogens is 611 g/mol. The number of aromatic nitrogens is 1. The topological polar surface area (TPSA) is 59.4 Å². The van der Waals surface area contributed by atoms with Crippen LogP contribution in [0.15, 0.2) is 60.2 Å². The molecular formula is C43H55NO3S. The first-order valence-electron chi connectivity index (χ1n) is 18.8. The highest BCUT2D eigenvalue weighted by molar-refractivity contribution is 7.21. The van der Waals surface area contributed by atoms with E-state index in [1.165, 1.54) is 17.5 Å². The van der Waals surface area contributed by atoms with Crippen molar-refractivity contribution in [2.45, 2.75) is 112 Å². The second kappa shape index (κ2) is 11.0. The van der Waals surface area contributed by atoms with Crippen LogP contribution in [0.1, 0.15) is 106 Å². The van der Waals surface area contributed by atoms with Crippen LogP contribution in [0.5, 0.6) is 5.75 Å². The highest BCUT2D eigenvalue weighted by Gasteiger charge is 2.69. The molecule has 0 spiro atoms. The molecule has 0 radical (unpaired) electrons. The minimum absolute atomic E-state index is 0.0205. The van der Waals surface area contributed by atoms with Gasteiger partial charge in [-0.05, 0) is 145 Å². The normalized spacial score (nSPS) is 41.7. The van der Waals surface area contributed by atoms with Crippen LogP contribution in [0.25, 0.3) is 20.8 Å². The number of carbonyl (C=O) groups is 1. The van der Waals surface area contributed by atoms with Gasteiger partial charge in [0.25, 0.3) is 0 Å². The maximum atomic E-state index is 14.6. The Morgan fingerprint density at radius 3 is 2.38 bits per heavy atom. The van der Waals surface area contributed by atoms with Crippen molar-refractivity contribution in [3.05, 3.63) is 60.2 Å². The fourth-order valence-corrected chi connectivity index (χ4v) is 13.7. The summed E-state index contributed by atoms with van der Waals surface area (Å²) < 4.78 is 7.58. The predicted octanol–water partition coefficient (Wildman–Crippen LogP) is 10.9. The quantitative estimate of drug-likeness (QED) is 0.172. The Hall–Kier alpha value is -2.50. The van der Waals surface area contributed by atoms with Crippen LogP contribution >= 0.6 is 11.3 Å². The van der Waals surface area contributed by atoms with Crippen molar-refractivity contribution in [3.8, 4) is 16.3 Å². The standard InChI is InChI=1S/C43H55NO3S/c1-26-18-23-43(38(46)47-29-14-12-28(13-15-29)37-44-31-10-8-9-11-32(31)48-37)25-24-41(6)30(36(43)27(26)2)16-17-34-40(5)21-20-35(45)39(3,4)33(40)19-22-42(34,41)7/h8-16,26-27,33-36,45H,17-25H2,1-7H3/t26-,27+,33+,34-,35+,36+,40+,41-,42-,43+/m1/s1. The molecule has 0 aliphatic heterocycles. The van der Waals surface area contributed by atoms with Gasteiger partial charge >= 0.3 is 5.97 Å². The zero-order valence-corrected chi connectivity index (χ0v) is 31.0. The highest BCUT2D eigenvalue weighted by Crippen LogP contribution is 2.75. The lowest BCUT2D eigenvalue weighted by Gasteiger charge is -2.71. The fraction of sp³-hybridized carbons (Fsp3) is 0.628. The first-order chi connectivity index (χ1) is 22.7. The van der Waals surface area contributed by atoms with Crippen LogP contribution in [0.3, 0.4) is 0 Å². The van der Waals surface area contributed by atoms with E-state index in [0.29, 0.717) is 29.4 Å². The smallest absolute Gasteiger partial charge is 0.318 e. The van der Waals surface area contributed by atoms with Gasteiger partial charge in [0.2, 0.25) is 0 Å². The molecule has 1 N–H and O–H groups in total. The molecule has 4 fully saturated rings. The molecule has 10 atom stereocenters. The molecule has 256 valence electrons. The molecule has 2 aromatic carbocycles. The van der Waals surface area contributed by atoms with E-state index in [1.54, 1.807) is 16.9 Å². The van der Waals surface area contributed by atoms with Gasteiger partial charge in [0, 0.05) is 5.56 Å². The first-order valence-corrected chi connectivity index (χ1v) is 19.6. The number of carbonyl (C=O) groups excluding carboxylic acids is 1. The summed E-state index contributed by atoms with van der Waals surface area (Å²) in [6.07, 6.45) is 11.9. The Labute approximate surface area is 291 Å². The molecule has 3 aromatic rings. The van der Waals surface area contributed by atoms with Gasteiger partial charge < -0.3 is 9.84 Å². The Kier molecular flexibility index (Phi) is 7.49. The van der Waals surface area contributed by atoms with Crippen molar-refractivity contribution in [2.24, 2.45) is 56.7 Å². The lowest BCUT2D eigenvalue weighted by atomic mass is 9.33. The van der Waals surface area contributed by atoms with Crippen LogP contribution in [-0.4, -0.2) is 22.2 Å². The molecule has 1 aromatic heterocycles. The van der Waals surface area contributed by atoms with Crippen molar-refractivity contribution in [3.63, 3.8) is 0 Å². The highest BCUT2D eigenvalue weighted by atomic mass is 32.1. The van der Waals surface area contributed by atoms with Crippen molar-refractivity contribution < 1.29 is 14.6 Å². The number of esters is 1. The van der Waals surface area contributed by atoms with Gasteiger partial charge in [0.15, 0.2) is 0 Å². The molecule has 0 unspecified atom stereocenters. The molecule has 5 aliphatic carbocycles. The Balaban J connectivity index is 1.11. The number of nitrogens with zero attached hydrogens (tertiary/aromatic N) is 1. The summed E-state index contributed by atoms with van der Waals surface area (Å²) >= 11 is 1.69. The van der Waals surface area contributed by atoms with Gasteiger partial charge in [-0.25, -0.2) is 4.98 Å².